The lowest BCUT2D eigenvalue weighted by Crippen LogP contribution is -2.04. The van der Waals surface area contributed by atoms with Crippen molar-refractivity contribution in [1.29, 1.82) is 0 Å². The molecule has 13 heavy (non-hydrogen) atoms. The van der Waals surface area contributed by atoms with E-state index >= 15 is 0 Å². The third-order valence-corrected chi connectivity index (χ3v) is 1.91. The topological polar surface area (TPSA) is 55.1 Å². The Morgan fingerprint density at radius 1 is 1.69 bits per heavy atom. The van der Waals surface area contributed by atoms with Gasteiger partial charge in [0.05, 0.1) is 0 Å². The fraction of sp³-hybridized carbons (Fsp3) is 0.556. The van der Waals surface area contributed by atoms with Crippen LogP contribution in [0.1, 0.15) is 25.6 Å². The fourth-order valence-corrected chi connectivity index (χ4v) is 1.26. The van der Waals surface area contributed by atoms with Gasteiger partial charge in [0.1, 0.15) is 5.82 Å². The standard InChI is InChI=1S/C9H14N2O2/c1-2-8-10-5-7-11(8)6-3-4-9(12)13/h5,7H,2-4,6H2,1H3,(H,12,13). The van der Waals surface area contributed by atoms with Crippen LogP contribution < -0.4 is 0 Å². The van der Waals surface area contributed by atoms with Gasteiger partial charge in [0, 0.05) is 31.8 Å². The zero-order valence-corrected chi connectivity index (χ0v) is 7.73. The first-order valence-corrected chi connectivity index (χ1v) is 4.46. The number of aryl methyl sites for hydroxylation is 2. The Labute approximate surface area is 77.2 Å². The Morgan fingerprint density at radius 2 is 2.46 bits per heavy atom. The van der Waals surface area contributed by atoms with Crippen LogP contribution in [0.5, 0.6) is 0 Å². The van der Waals surface area contributed by atoms with Crippen LogP contribution in [0.15, 0.2) is 12.4 Å². The third-order valence-electron chi connectivity index (χ3n) is 1.91. The molecular weight excluding hydrogens is 168 g/mol. The number of imidazole rings is 1. The molecule has 72 valence electrons. The minimum atomic E-state index is -0.738. The number of hydrogen-bond acceptors (Lipinski definition) is 2. The van der Waals surface area contributed by atoms with Crippen molar-refractivity contribution in [2.45, 2.75) is 32.7 Å². The largest absolute Gasteiger partial charge is 0.481 e. The SMILES string of the molecule is CCc1nccn1CCCC(=O)O. The van der Waals surface area contributed by atoms with Crippen molar-refractivity contribution in [2.24, 2.45) is 0 Å². The highest BCUT2D eigenvalue weighted by Gasteiger charge is 2.01. The Bertz CT molecular complexity index is 281. The molecule has 0 spiro atoms. The summed E-state index contributed by atoms with van der Waals surface area (Å²) < 4.78 is 2.00. The molecule has 0 unspecified atom stereocenters. The van der Waals surface area contributed by atoms with E-state index in [2.05, 4.69) is 4.98 Å². The molecule has 0 saturated heterocycles. The van der Waals surface area contributed by atoms with Gasteiger partial charge in [0.15, 0.2) is 0 Å². The Balaban J connectivity index is 2.40. The summed E-state index contributed by atoms with van der Waals surface area (Å²) in [6.07, 6.45) is 5.42. The first-order valence-electron chi connectivity index (χ1n) is 4.46. The molecule has 0 bridgehead atoms. The Kier molecular flexibility index (Phi) is 3.49. The maximum Gasteiger partial charge on any atom is 0.303 e. The van der Waals surface area contributed by atoms with Crippen molar-refractivity contribution in [3.63, 3.8) is 0 Å². The maximum absolute atomic E-state index is 10.3. The molecule has 4 heteroatoms. The number of carboxylic acid groups (broad SMARTS) is 1. The van der Waals surface area contributed by atoms with E-state index in [-0.39, 0.29) is 6.42 Å². The van der Waals surface area contributed by atoms with Crippen molar-refractivity contribution in [3.8, 4) is 0 Å². The molecule has 0 aromatic carbocycles. The number of carbonyl (C=O) groups is 1. The highest BCUT2D eigenvalue weighted by molar-refractivity contribution is 5.66. The monoisotopic (exact) mass is 182 g/mol. The molecule has 1 aromatic rings. The lowest BCUT2D eigenvalue weighted by atomic mass is 10.3. The van der Waals surface area contributed by atoms with Gasteiger partial charge in [-0.05, 0) is 6.42 Å². The summed E-state index contributed by atoms with van der Waals surface area (Å²) in [5.74, 6) is 0.281. The molecule has 0 saturated carbocycles. The molecule has 0 fully saturated rings. The lowest BCUT2D eigenvalue weighted by Gasteiger charge is -2.03. The van der Waals surface area contributed by atoms with Crippen molar-refractivity contribution < 1.29 is 9.90 Å². The van der Waals surface area contributed by atoms with E-state index in [0.29, 0.717) is 6.42 Å². The Morgan fingerprint density at radius 3 is 3.08 bits per heavy atom. The van der Waals surface area contributed by atoms with Crippen LogP contribution in [0.4, 0.5) is 0 Å². The molecule has 1 heterocycles. The zero-order chi connectivity index (χ0) is 9.68. The molecule has 4 nitrogen and oxygen atoms in total. The summed E-state index contributed by atoms with van der Waals surface area (Å²) in [7, 11) is 0. The highest BCUT2D eigenvalue weighted by Crippen LogP contribution is 2.01. The highest BCUT2D eigenvalue weighted by atomic mass is 16.4. The smallest absolute Gasteiger partial charge is 0.303 e. The number of rotatable bonds is 5. The van der Waals surface area contributed by atoms with Crippen molar-refractivity contribution >= 4 is 5.97 Å². The van der Waals surface area contributed by atoms with Crippen molar-refractivity contribution in [3.05, 3.63) is 18.2 Å². The van der Waals surface area contributed by atoms with E-state index in [0.717, 1.165) is 18.8 Å². The normalized spacial score (nSPS) is 10.2. The van der Waals surface area contributed by atoms with Gasteiger partial charge >= 0.3 is 5.97 Å². The third kappa shape index (κ3) is 2.89. The van der Waals surface area contributed by atoms with Gasteiger partial charge in [-0.1, -0.05) is 6.92 Å². The van der Waals surface area contributed by atoms with Gasteiger partial charge in [-0.3, -0.25) is 4.79 Å². The van der Waals surface area contributed by atoms with Gasteiger partial charge in [-0.25, -0.2) is 4.98 Å². The molecule has 0 radical (unpaired) electrons. The number of aliphatic carboxylic acids is 1. The van der Waals surface area contributed by atoms with E-state index in [1.807, 2.05) is 17.7 Å². The summed E-state index contributed by atoms with van der Waals surface area (Å²) in [5.41, 5.74) is 0. The molecular formula is C9H14N2O2. The summed E-state index contributed by atoms with van der Waals surface area (Å²) in [5, 5.41) is 8.44. The second-order valence-electron chi connectivity index (χ2n) is 2.89. The van der Waals surface area contributed by atoms with E-state index in [1.165, 1.54) is 0 Å². The van der Waals surface area contributed by atoms with Crippen LogP contribution in [0, 0.1) is 0 Å². The second-order valence-corrected chi connectivity index (χ2v) is 2.89. The summed E-state index contributed by atoms with van der Waals surface area (Å²) in [4.78, 5) is 14.4. The van der Waals surface area contributed by atoms with E-state index in [4.69, 9.17) is 5.11 Å². The predicted molar refractivity (Wildman–Crippen MR) is 48.5 cm³/mol. The van der Waals surface area contributed by atoms with E-state index in [1.54, 1.807) is 6.20 Å². The van der Waals surface area contributed by atoms with Gasteiger partial charge in [0.2, 0.25) is 0 Å². The number of nitrogens with zero attached hydrogens (tertiary/aromatic N) is 2. The summed E-state index contributed by atoms with van der Waals surface area (Å²) in [6.45, 7) is 2.78. The van der Waals surface area contributed by atoms with Gasteiger partial charge in [-0.15, -0.1) is 0 Å². The zero-order valence-electron chi connectivity index (χ0n) is 7.73. The minimum absolute atomic E-state index is 0.224. The van der Waals surface area contributed by atoms with Crippen LogP contribution in [0.2, 0.25) is 0 Å². The molecule has 0 amide bonds. The van der Waals surface area contributed by atoms with Crippen LogP contribution in [0.25, 0.3) is 0 Å². The number of carboxylic acids is 1. The molecule has 0 atom stereocenters. The minimum Gasteiger partial charge on any atom is -0.481 e. The molecule has 1 aromatic heterocycles. The first kappa shape index (κ1) is 9.77. The molecule has 1 N–H and O–H groups in total. The van der Waals surface area contributed by atoms with Gasteiger partial charge in [-0.2, -0.15) is 0 Å². The second kappa shape index (κ2) is 4.64. The number of aromatic nitrogens is 2. The average Bonchev–Trinajstić information content (AvgIpc) is 2.51. The van der Waals surface area contributed by atoms with E-state index in [9.17, 15) is 4.79 Å². The van der Waals surface area contributed by atoms with Crippen molar-refractivity contribution in [1.82, 2.24) is 9.55 Å². The average molecular weight is 182 g/mol. The summed E-state index contributed by atoms with van der Waals surface area (Å²) >= 11 is 0. The van der Waals surface area contributed by atoms with Crippen LogP contribution in [0.3, 0.4) is 0 Å². The van der Waals surface area contributed by atoms with Crippen LogP contribution >= 0.6 is 0 Å². The molecule has 0 aliphatic carbocycles. The quantitative estimate of drug-likeness (QED) is 0.747. The van der Waals surface area contributed by atoms with Gasteiger partial charge < -0.3 is 9.67 Å². The van der Waals surface area contributed by atoms with Crippen LogP contribution in [-0.4, -0.2) is 20.6 Å². The number of hydrogen-bond donors (Lipinski definition) is 1. The van der Waals surface area contributed by atoms with Crippen molar-refractivity contribution in [2.75, 3.05) is 0 Å². The lowest BCUT2D eigenvalue weighted by molar-refractivity contribution is -0.137. The van der Waals surface area contributed by atoms with E-state index < -0.39 is 5.97 Å². The van der Waals surface area contributed by atoms with Crippen LogP contribution in [-0.2, 0) is 17.8 Å². The molecule has 0 aliphatic rings. The molecule has 1 rings (SSSR count). The maximum atomic E-state index is 10.3. The van der Waals surface area contributed by atoms with Gasteiger partial charge in [0.25, 0.3) is 0 Å². The fourth-order valence-electron chi connectivity index (χ4n) is 1.26. The first-order chi connectivity index (χ1) is 6.24. The molecule has 0 aliphatic heterocycles. The summed E-state index contributed by atoms with van der Waals surface area (Å²) in [6, 6.07) is 0. The Hall–Kier alpha value is -1.32. The predicted octanol–water partition coefficient (Wildman–Crippen LogP) is 1.31.